The van der Waals surface area contributed by atoms with Crippen molar-refractivity contribution in [2.45, 2.75) is 110 Å². The van der Waals surface area contributed by atoms with Gasteiger partial charge < -0.3 is 4.90 Å². The maximum atomic E-state index is 2.64. The molecule has 2 unspecified atom stereocenters. The van der Waals surface area contributed by atoms with Crippen LogP contribution in [0, 0.1) is 18.3 Å². The summed E-state index contributed by atoms with van der Waals surface area (Å²) in [7, 11) is 0. The Kier molecular flexibility index (Phi) is 7.26. The number of benzene rings is 3. The summed E-state index contributed by atoms with van der Waals surface area (Å²) in [5, 5.41) is 0.401. The summed E-state index contributed by atoms with van der Waals surface area (Å²) in [6, 6.07) is 24.2. The second-order valence-corrected chi connectivity index (χ2v) is 19.0. The molecule has 46 heavy (non-hydrogen) atoms. The summed E-state index contributed by atoms with van der Waals surface area (Å²) in [6.07, 6.45) is 9.98. The molecule has 0 amide bonds. The van der Waals surface area contributed by atoms with Crippen LogP contribution in [0.2, 0.25) is 0 Å². The molecule has 0 spiro atoms. The van der Waals surface area contributed by atoms with Gasteiger partial charge in [-0.05, 0) is 97.7 Å². The van der Waals surface area contributed by atoms with Gasteiger partial charge in [0.05, 0.1) is 0 Å². The molecule has 0 saturated carbocycles. The van der Waals surface area contributed by atoms with Crippen molar-refractivity contribution in [1.29, 1.82) is 0 Å². The lowest BCUT2D eigenvalue weighted by atomic mass is 9.38. The van der Waals surface area contributed by atoms with E-state index in [4.69, 9.17) is 0 Å². The number of hydrogen-bond donors (Lipinski definition) is 0. The first-order valence-corrected chi connectivity index (χ1v) is 18.3. The summed E-state index contributed by atoms with van der Waals surface area (Å²) in [5.41, 5.74) is 14.8. The van der Waals surface area contributed by atoms with Gasteiger partial charge in [0.15, 0.2) is 0 Å². The van der Waals surface area contributed by atoms with Crippen LogP contribution in [0.3, 0.4) is 0 Å². The fourth-order valence-corrected chi connectivity index (χ4v) is 9.78. The minimum absolute atomic E-state index is 0.105. The van der Waals surface area contributed by atoms with Gasteiger partial charge in [0.25, 0.3) is 6.71 Å². The molecule has 2 heterocycles. The lowest BCUT2D eigenvalue weighted by Gasteiger charge is -2.43. The lowest BCUT2D eigenvalue weighted by Crippen LogP contribution is -2.50. The summed E-state index contributed by atoms with van der Waals surface area (Å²) < 4.78 is 0. The number of thioether (sulfide) groups is 1. The minimum atomic E-state index is 0.105. The molecule has 2 aliphatic carbocycles. The highest BCUT2D eigenvalue weighted by molar-refractivity contribution is 8.06. The third-order valence-corrected chi connectivity index (χ3v) is 12.7. The standard InChI is InChI=1S/C43H52BNS/c1-27-12-20-35-36(24-27)45(31-17-13-28(14-18-31)40(2,3)4)38-32-25-29(41(5,6)7)15-21-37(32)46-39(38)44(35)30-16-19-33-34(26-30)43(10,11)23-22-42(33,8)9/h12-21,24-26,32,37H,22-23H2,1-11H3. The molecule has 3 aromatic carbocycles. The molecule has 7 rings (SSSR count). The van der Waals surface area contributed by atoms with Crippen molar-refractivity contribution >= 4 is 40.8 Å². The van der Waals surface area contributed by atoms with E-state index in [0.29, 0.717) is 11.2 Å². The Hall–Kier alpha value is -2.91. The Morgan fingerprint density at radius 3 is 2.11 bits per heavy atom. The Morgan fingerprint density at radius 2 is 1.46 bits per heavy atom. The highest BCUT2D eigenvalue weighted by Gasteiger charge is 2.48. The third kappa shape index (κ3) is 5.17. The molecule has 0 N–H and O–H groups in total. The molecule has 0 aromatic heterocycles. The van der Waals surface area contributed by atoms with Gasteiger partial charge in [0.2, 0.25) is 0 Å². The van der Waals surface area contributed by atoms with Crippen LogP contribution in [0.4, 0.5) is 11.4 Å². The molecule has 4 aliphatic rings. The van der Waals surface area contributed by atoms with Crippen LogP contribution >= 0.6 is 11.8 Å². The molecule has 0 radical (unpaired) electrons. The highest BCUT2D eigenvalue weighted by atomic mass is 32.2. The number of hydrogen-bond acceptors (Lipinski definition) is 2. The van der Waals surface area contributed by atoms with E-state index in [9.17, 15) is 0 Å². The second-order valence-electron chi connectivity index (χ2n) is 17.8. The van der Waals surface area contributed by atoms with E-state index in [1.165, 1.54) is 67.9 Å². The fraction of sp³-hybridized carbons (Fsp3) is 0.442. The van der Waals surface area contributed by atoms with Gasteiger partial charge in [0, 0.05) is 28.2 Å². The van der Waals surface area contributed by atoms with Crippen molar-refractivity contribution in [2.24, 2.45) is 11.3 Å². The molecule has 2 atom stereocenters. The second kappa shape index (κ2) is 10.5. The van der Waals surface area contributed by atoms with Crippen LogP contribution in [0.25, 0.3) is 0 Å². The Labute approximate surface area is 283 Å². The average molecular weight is 626 g/mol. The highest BCUT2D eigenvalue weighted by Crippen LogP contribution is 2.54. The number of rotatable bonds is 2. The van der Waals surface area contributed by atoms with E-state index in [0.717, 1.165) is 0 Å². The van der Waals surface area contributed by atoms with Crippen molar-refractivity contribution in [1.82, 2.24) is 0 Å². The van der Waals surface area contributed by atoms with E-state index in [1.807, 2.05) is 0 Å². The third-order valence-electron chi connectivity index (χ3n) is 11.3. The van der Waals surface area contributed by atoms with Gasteiger partial charge >= 0.3 is 0 Å². The maximum Gasteiger partial charge on any atom is 0.254 e. The van der Waals surface area contributed by atoms with E-state index < -0.39 is 0 Å². The smallest absolute Gasteiger partial charge is 0.254 e. The van der Waals surface area contributed by atoms with Crippen molar-refractivity contribution in [3.63, 3.8) is 0 Å². The number of fused-ring (bicyclic) bond motifs is 4. The van der Waals surface area contributed by atoms with Gasteiger partial charge in [0.1, 0.15) is 0 Å². The molecule has 0 saturated heterocycles. The molecule has 3 aromatic rings. The number of anilines is 2. The molecular weight excluding hydrogens is 573 g/mol. The summed E-state index contributed by atoms with van der Waals surface area (Å²) in [6.45, 7) is 26.2. The first kappa shape index (κ1) is 31.7. The Bertz CT molecular complexity index is 1800. The van der Waals surface area contributed by atoms with Gasteiger partial charge in [-0.2, -0.15) is 0 Å². The molecule has 0 fully saturated rings. The van der Waals surface area contributed by atoms with Crippen molar-refractivity contribution in [2.75, 3.05) is 4.90 Å². The first-order valence-electron chi connectivity index (χ1n) is 17.4. The topological polar surface area (TPSA) is 3.24 Å². The lowest BCUT2D eigenvalue weighted by molar-refractivity contribution is 0.332. The number of nitrogens with zero attached hydrogens (tertiary/aromatic N) is 1. The van der Waals surface area contributed by atoms with Crippen LogP contribution < -0.4 is 15.8 Å². The van der Waals surface area contributed by atoms with E-state index in [-0.39, 0.29) is 28.4 Å². The summed E-state index contributed by atoms with van der Waals surface area (Å²) in [5.74, 6) is 0.325. The van der Waals surface area contributed by atoms with Crippen molar-refractivity contribution < 1.29 is 0 Å². The van der Waals surface area contributed by atoms with E-state index in [2.05, 4.69) is 172 Å². The maximum absolute atomic E-state index is 2.64. The average Bonchev–Trinajstić information content (AvgIpc) is 3.35. The molecular formula is C43H52BNS. The first-order chi connectivity index (χ1) is 21.5. The largest absolute Gasteiger partial charge is 0.314 e. The van der Waals surface area contributed by atoms with Crippen LogP contribution in [0.5, 0.6) is 0 Å². The molecule has 1 nitrogen and oxygen atoms in total. The quantitative estimate of drug-likeness (QED) is 0.261. The molecule has 0 bridgehead atoms. The van der Waals surface area contributed by atoms with Gasteiger partial charge in [-0.1, -0.05) is 135 Å². The van der Waals surface area contributed by atoms with E-state index in [1.54, 1.807) is 5.56 Å². The monoisotopic (exact) mass is 625 g/mol. The molecule has 3 heteroatoms. The zero-order valence-corrected chi connectivity index (χ0v) is 30.8. The van der Waals surface area contributed by atoms with Crippen LogP contribution in [-0.2, 0) is 16.2 Å². The minimum Gasteiger partial charge on any atom is -0.314 e. The van der Waals surface area contributed by atoms with E-state index >= 15 is 0 Å². The predicted octanol–water partition coefficient (Wildman–Crippen LogP) is 10.4. The van der Waals surface area contributed by atoms with Crippen LogP contribution in [0.15, 0.2) is 95.0 Å². The van der Waals surface area contributed by atoms with Crippen molar-refractivity contribution in [3.8, 4) is 0 Å². The number of allylic oxidation sites excluding steroid dienone is 3. The predicted molar refractivity (Wildman–Crippen MR) is 204 cm³/mol. The summed E-state index contributed by atoms with van der Waals surface area (Å²) in [4.78, 5) is 4.16. The van der Waals surface area contributed by atoms with Gasteiger partial charge in [-0.15, -0.1) is 11.8 Å². The Balaban J connectivity index is 1.48. The zero-order valence-electron chi connectivity index (χ0n) is 30.0. The van der Waals surface area contributed by atoms with Gasteiger partial charge in [-0.25, -0.2) is 0 Å². The molecule has 238 valence electrons. The van der Waals surface area contributed by atoms with Crippen LogP contribution in [0.1, 0.15) is 104 Å². The Morgan fingerprint density at radius 1 is 0.783 bits per heavy atom. The van der Waals surface area contributed by atoms with Crippen molar-refractivity contribution in [3.05, 3.63) is 117 Å². The number of aryl methyl sites for hydroxylation is 1. The summed E-state index contributed by atoms with van der Waals surface area (Å²) >= 11 is 2.11. The molecule has 2 aliphatic heterocycles. The fourth-order valence-electron chi connectivity index (χ4n) is 8.22. The normalized spacial score (nSPS) is 23.1. The SMILES string of the molecule is Cc1ccc2c(c1)N(c1ccc(C(C)(C)C)cc1)C1=C(SC3C=CC(C(C)(C)C)=CC13)B2c1ccc2c(c1)C(C)(C)CCC2(C)C. The van der Waals surface area contributed by atoms with Crippen LogP contribution in [-0.4, -0.2) is 12.0 Å². The van der Waals surface area contributed by atoms with Gasteiger partial charge in [-0.3, -0.25) is 0 Å². The zero-order chi connectivity index (χ0) is 33.0.